The molecule has 2 aromatic heterocycles. The minimum atomic E-state index is -0.206. The molecule has 0 unspecified atom stereocenters. The summed E-state index contributed by atoms with van der Waals surface area (Å²) in [6, 6.07) is 2.12. The van der Waals surface area contributed by atoms with Gasteiger partial charge in [-0.1, -0.05) is 11.8 Å². The number of nitrogen functional groups attached to an aromatic ring is 1. The van der Waals surface area contributed by atoms with Crippen molar-refractivity contribution in [3.05, 3.63) is 28.4 Å². The molecule has 0 atom stereocenters. The second kappa shape index (κ2) is 6.56. The Bertz CT molecular complexity index is 720. The Kier molecular flexibility index (Phi) is 4.77. The number of nitrogens with zero attached hydrogens (tertiary/aromatic N) is 3. The summed E-state index contributed by atoms with van der Waals surface area (Å²) in [6.45, 7) is 3.79. The van der Waals surface area contributed by atoms with Crippen LogP contribution in [0.15, 0.2) is 17.4 Å². The molecule has 6 nitrogen and oxygen atoms in total. The van der Waals surface area contributed by atoms with Gasteiger partial charge < -0.3 is 11.1 Å². The van der Waals surface area contributed by atoms with Gasteiger partial charge in [-0.25, -0.2) is 9.97 Å². The van der Waals surface area contributed by atoms with Crippen LogP contribution in [0.4, 0.5) is 10.8 Å². The van der Waals surface area contributed by atoms with Crippen LogP contribution in [0.3, 0.4) is 0 Å². The van der Waals surface area contributed by atoms with E-state index in [1.54, 1.807) is 0 Å². The van der Waals surface area contributed by atoms with Crippen LogP contribution >= 0.6 is 23.1 Å². The normalized spacial score (nSPS) is 10.1. The predicted molar refractivity (Wildman–Crippen MR) is 84.3 cm³/mol. The maximum absolute atomic E-state index is 12.0. The number of nitriles is 1. The van der Waals surface area contributed by atoms with Gasteiger partial charge in [0, 0.05) is 17.3 Å². The second-order valence-electron chi connectivity index (χ2n) is 4.18. The Balaban J connectivity index is 2.02. The first kappa shape index (κ1) is 15.3. The summed E-state index contributed by atoms with van der Waals surface area (Å²) in [5, 5.41) is 13.0. The van der Waals surface area contributed by atoms with E-state index in [9.17, 15) is 4.79 Å². The van der Waals surface area contributed by atoms with Crippen LogP contribution in [0.5, 0.6) is 0 Å². The predicted octanol–water partition coefficient (Wildman–Crippen LogP) is 2.34. The fourth-order valence-corrected chi connectivity index (χ4v) is 3.30. The van der Waals surface area contributed by atoms with Crippen LogP contribution in [0.1, 0.15) is 16.0 Å². The molecular formula is C13H13N5OS2. The van der Waals surface area contributed by atoms with Crippen LogP contribution < -0.4 is 11.1 Å². The number of thioether (sulfide) groups is 1. The van der Waals surface area contributed by atoms with Crippen LogP contribution in [-0.2, 0) is 4.79 Å². The third-order valence-electron chi connectivity index (χ3n) is 2.78. The highest BCUT2D eigenvalue weighted by Crippen LogP contribution is 2.31. The lowest BCUT2D eigenvalue weighted by Gasteiger charge is -2.04. The number of nitrogens with one attached hydrogen (secondary N) is 1. The molecule has 0 spiro atoms. The maximum atomic E-state index is 12.0. The Labute approximate surface area is 130 Å². The first-order chi connectivity index (χ1) is 10.0. The highest BCUT2D eigenvalue weighted by atomic mass is 32.2. The summed E-state index contributed by atoms with van der Waals surface area (Å²) in [5.41, 5.74) is 7.09. The number of thiophene rings is 1. The largest absolute Gasteiger partial charge is 0.381 e. The molecule has 21 heavy (non-hydrogen) atoms. The average molecular weight is 319 g/mol. The van der Waals surface area contributed by atoms with Crippen molar-refractivity contribution in [2.75, 3.05) is 16.8 Å². The molecule has 3 N–H and O–H groups in total. The number of aryl methyl sites for hydroxylation is 1. The van der Waals surface area contributed by atoms with E-state index < -0.39 is 0 Å². The number of anilines is 2. The van der Waals surface area contributed by atoms with Gasteiger partial charge in [0.2, 0.25) is 5.91 Å². The van der Waals surface area contributed by atoms with Gasteiger partial charge in [0.15, 0.2) is 5.82 Å². The van der Waals surface area contributed by atoms with E-state index in [0.29, 0.717) is 21.4 Å². The second-order valence-corrected chi connectivity index (χ2v) is 6.37. The molecule has 8 heteroatoms. The zero-order valence-corrected chi connectivity index (χ0v) is 13.1. The zero-order chi connectivity index (χ0) is 15.4. The molecule has 0 aliphatic carbocycles. The molecule has 0 aliphatic rings. The van der Waals surface area contributed by atoms with E-state index in [4.69, 9.17) is 11.0 Å². The van der Waals surface area contributed by atoms with Gasteiger partial charge in [-0.3, -0.25) is 4.79 Å². The van der Waals surface area contributed by atoms with Crippen molar-refractivity contribution in [1.82, 2.24) is 9.97 Å². The van der Waals surface area contributed by atoms with Crippen molar-refractivity contribution in [2.24, 2.45) is 0 Å². The smallest absolute Gasteiger partial charge is 0.235 e. The van der Waals surface area contributed by atoms with Crippen LogP contribution in [-0.4, -0.2) is 21.6 Å². The summed E-state index contributed by atoms with van der Waals surface area (Å²) in [5.74, 6) is 0.252. The number of nitrogens with two attached hydrogens (primary N) is 1. The summed E-state index contributed by atoms with van der Waals surface area (Å²) >= 11 is 2.61. The van der Waals surface area contributed by atoms with Gasteiger partial charge in [0.05, 0.1) is 11.3 Å². The number of carbonyl (C=O) groups is 1. The van der Waals surface area contributed by atoms with Crippen molar-refractivity contribution < 1.29 is 4.79 Å². The lowest BCUT2D eigenvalue weighted by Crippen LogP contribution is -2.14. The van der Waals surface area contributed by atoms with Crippen molar-refractivity contribution in [3.8, 4) is 6.07 Å². The number of hydrogen-bond acceptors (Lipinski definition) is 7. The molecule has 0 aromatic carbocycles. The Hall–Kier alpha value is -2.11. The van der Waals surface area contributed by atoms with Gasteiger partial charge in [0.25, 0.3) is 0 Å². The van der Waals surface area contributed by atoms with Gasteiger partial charge in [-0.05, 0) is 19.4 Å². The van der Waals surface area contributed by atoms with Crippen molar-refractivity contribution in [1.29, 1.82) is 5.26 Å². The number of hydrogen-bond donors (Lipinski definition) is 2. The quantitative estimate of drug-likeness (QED) is 0.838. The molecular weight excluding hydrogens is 306 g/mol. The van der Waals surface area contributed by atoms with Gasteiger partial charge in [0.1, 0.15) is 16.1 Å². The van der Waals surface area contributed by atoms with E-state index in [-0.39, 0.29) is 11.7 Å². The number of rotatable bonds is 4. The Morgan fingerprint density at radius 3 is 2.86 bits per heavy atom. The molecule has 2 rings (SSSR count). The Morgan fingerprint density at radius 1 is 1.48 bits per heavy atom. The fraction of sp³-hybridized carbons (Fsp3) is 0.231. The molecule has 0 aliphatic heterocycles. The lowest BCUT2D eigenvalue weighted by atomic mass is 10.2. The Morgan fingerprint density at radius 2 is 2.19 bits per heavy atom. The number of aromatic nitrogens is 2. The molecule has 0 saturated heterocycles. The minimum Gasteiger partial charge on any atom is -0.381 e. The number of carbonyl (C=O) groups excluding carboxylic acids is 1. The summed E-state index contributed by atoms with van der Waals surface area (Å²) in [4.78, 5) is 20.9. The first-order valence-corrected chi connectivity index (χ1v) is 7.82. The summed E-state index contributed by atoms with van der Waals surface area (Å²) < 4.78 is 0. The molecule has 0 fully saturated rings. The van der Waals surface area contributed by atoms with E-state index in [0.717, 1.165) is 10.4 Å². The fourth-order valence-electron chi connectivity index (χ4n) is 1.59. The average Bonchev–Trinajstić information content (AvgIpc) is 2.72. The van der Waals surface area contributed by atoms with Crippen molar-refractivity contribution >= 4 is 39.8 Å². The highest BCUT2D eigenvalue weighted by Gasteiger charge is 2.15. The topological polar surface area (TPSA) is 105 Å². The third-order valence-corrected chi connectivity index (χ3v) is 4.90. The first-order valence-electron chi connectivity index (χ1n) is 6.02. The molecule has 1 amide bonds. The zero-order valence-electron chi connectivity index (χ0n) is 11.5. The standard InChI is InChI=1S/C13H13N5OS2/c1-7-8(2)21-12(9(7)5-14)18-10(19)6-20-13-11(15)16-3-4-17-13/h3-4H,6H2,1-2H3,(H2,15,16)(H,18,19). The van der Waals surface area contributed by atoms with E-state index in [1.807, 2.05) is 13.8 Å². The lowest BCUT2D eigenvalue weighted by molar-refractivity contribution is -0.113. The molecule has 108 valence electrons. The molecule has 0 radical (unpaired) electrons. The van der Waals surface area contributed by atoms with Gasteiger partial charge >= 0.3 is 0 Å². The SMILES string of the molecule is Cc1sc(NC(=O)CSc2nccnc2N)c(C#N)c1C. The summed E-state index contributed by atoms with van der Waals surface area (Å²) in [7, 11) is 0. The molecule has 0 saturated carbocycles. The van der Waals surface area contributed by atoms with E-state index >= 15 is 0 Å². The minimum absolute atomic E-state index is 0.157. The van der Waals surface area contributed by atoms with Crippen LogP contribution in [0.2, 0.25) is 0 Å². The van der Waals surface area contributed by atoms with Crippen LogP contribution in [0.25, 0.3) is 0 Å². The van der Waals surface area contributed by atoms with Gasteiger partial charge in [-0.15, -0.1) is 11.3 Å². The highest BCUT2D eigenvalue weighted by molar-refractivity contribution is 8.00. The molecule has 2 heterocycles. The monoisotopic (exact) mass is 319 g/mol. The molecule has 2 aromatic rings. The van der Waals surface area contributed by atoms with Crippen LogP contribution in [0, 0.1) is 25.2 Å². The van der Waals surface area contributed by atoms with E-state index in [1.165, 1.54) is 35.5 Å². The third kappa shape index (κ3) is 3.51. The van der Waals surface area contributed by atoms with E-state index in [2.05, 4.69) is 21.4 Å². The van der Waals surface area contributed by atoms with Crippen molar-refractivity contribution in [3.63, 3.8) is 0 Å². The van der Waals surface area contributed by atoms with Crippen molar-refractivity contribution in [2.45, 2.75) is 18.9 Å². The molecule has 0 bridgehead atoms. The van der Waals surface area contributed by atoms with Gasteiger partial charge in [-0.2, -0.15) is 5.26 Å². The number of amides is 1. The maximum Gasteiger partial charge on any atom is 0.235 e. The summed E-state index contributed by atoms with van der Waals surface area (Å²) in [6.07, 6.45) is 3.02.